The van der Waals surface area contributed by atoms with Crippen molar-refractivity contribution in [1.82, 2.24) is 4.98 Å². The molecule has 1 heterocycles. The Morgan fingerprint density at radius 3 is 2.61 bits per heavy atom. The van der Waals surface area contributed by atoms with Gasteiger partial charge in [0.05, 0.1) is 20.8 Å². The molecular weight excluding hydrogens is 358 g/mol. The summed E-state index contributed by atoms with van der Waals surface area (Å²) in [5, 5.41) is 4.77. The first-order valence-corrected chi connectivity index (χ1v) is 6.98. The van der Waals surface area contributed by atoms with E-state index in [2.05, 4.69) is 26.2 Å². The number of benzene rings is 1. The van der Waals surface area contributed by atoms with Crippen LogP contribution in [0, 0.1) is 0 Å². The number of rotatable bonds is 3. The van der Waals surface area contributed by atoms with Gasteiger partial charge in [-0.05, 0) is 39.7 Å². The quantitative estimate of drug-likeness (QED) is 0.734. The molecule has 0 saturated heterocycles. The smallest absolute Gasteiger partial charge is 0.0835 e. The van der Waals surface area contributed by atoms with Crippen molar-refractivity contribution in [2.24, 2.45) is 0 Å². The molecule has 6 heteroatoms. The number of halogens is 4. The molecule has 2 rings (SSSR count). The lowest BCUT2D eigenvalue weighted by atomic mass is 10.2. The van der Waals surface area contributed by atoms with Gasteiger partial charge < -0.3 is 5.32 Å². The van der Waals surface area contributed by atoms with Gasteiger partial charge in [0.2, 0.25) is 0 Å². The van der Waals surface area contributed by atoms with Crippen molar-refractivity contribution in [3.63, 3.8) is 0 Å². The van der Waals surface area contributed by atoms with E-state index in [1.165, 1.54) is 0 Å². The molecule has 2 nitrogen and oxygen atoms in total. The highest BCUT2D eigenvalue weighted by Crippen LogP contribution is 2.36. The van der Waals surface area contributed by atoms with Gasteiger partial charge in [-0.15, -0.1) is 0 Å². The van der Waals surface area contributed by atoms with Crippen molar-refractivity contribution in [2.45, 2.75) is 6.54 Å². The third-order valence-electron chi connectivity index (χ3n) is 2.36. The molecule has 0 bridgehead atoms. The molecule has 0 atom stereocenters. The second kappa shape index (κ2) is 6.11. The van der Waals surface area contributed by atoms with Gasteiger partial charge in [0.1, 0.15) is 0 Å². The number of aromatic nitrogens is 1. The van der Waals surface area contributed by atoms with Gasteiger partial charge >= 0.3 is 0 Å². The van der Waals surface area contributed by atoms with Crippen LogP contribution in [0.5, 0.6) is 0 Å². The number of nitrogens with one attached hydrogen (secondary N) is 1. The van der Waals surface area contributed by atoms with E-state index in [1.54, 1.807) is 12.4 Å². The van der Waals surface area contributed by atoms with E-state index in [4.69, 9.17) is 34.8 Å². The van der Waals surface area contributed by atoms with Gasteiger partial charge in [-0.1, -0.05) is 34.8 Å². The van der Waals surface area contributed by atoms with E-state index < -0.39 is 0 Å². The summed E-state index contributed by atoms with van der Waals surface area (Å²) in [4.78, 5) is 3.93. The normalized spacial score (nSPS) is 10.4. The molecule has 0 aliphatic rings. The van der Waals surface area contributed by atoms with Crippen LogP contribution in [-0.4, -0.2) is 4.98 Å². The first kappa shape index (κ1) is 13.9. The SMILES string of the molecule is Clc1cnccc1CNc1ccc(Br)c(Cl)c1Cl. The third-order valence-corrected chi connectivity index (χ3v) is 4.47. The third kappa shape index (κ3) is 3.09. The molecular formula is C12H8BrCl3N2. The molecule has 0 amide bonds. The molecule has 0 radical (unpaired) electrons. The summed E-state index contributed by atoms with van der Waals surface area (Å²) in [6.45, 7) is 0.555. The summed E-state index contributed by atoms with van der Waals surface area (Å²) in [5.74, 6) is 0. The fourth-order valence-corrected chi connectivity index (χ4v) is 2.43. The maximum atomic E-state index is 6.13. The Balaban J connectivity index is 2.17. The molecule has 1 N–H and O–H groups in total. The highest BCUT2D eigenvalue weighted by atomic mass is 79.9. The number of nitrogens with zero attached hydrogens (tertiary/aromatic N) is 1. The zero-order valence-electron chi connectivity index (χ0n) is 9.05. The van der Waals surface area contributed by atoms with Gasteiger partial charge in [-0.25, -0.2) is 0 Å². The van der Waals surface area contributed by atoms with E-state index in [9.17, 15) is 0 Å². The molecule has 94 valence electrons. The van der Waals surface area contributed by atoms with Gasteiger partial charge in [-0.2, -0.15) is 0 Å². The van der Waals surface area contributed by atoms with Crippen LogP contribution < -0.4 is 5.32 Å². The fourth-order valence-electron chi connectivity index (χ4n) is 1.40. The Hall–Kier alpha value is -0.480. The first-order valence-electron chi connectivity index (χ1n) is 5.05. The van der Waals surface area contributed by atoms with Gasteiger partial charge in [-0.3, -0.25) is 4.98 Å². The molecule has 18 heavy (non-hydrogen) atoms. The minimum absolute atomic E-state index is 0.483. The summed E-state index contributed by atoms with van der Waals surface area (Å²) < 4.78 is 0.765. The standard InChI is InChI=1S/C12H8BrCl3N2/c13-8-1-2-10(12(16)11(8)15)18-5-7-3-4-17-6-9(7)14/h1-4,6,18H,5H2. The Morgan fingerprint density at radius 2 is 1.89 bits per heavy atom. The maximum absolute atomic E-state index is 6.13. The van der Waals surface area contributed by atoms with Crippen molar-refractivity contribution in [3.05, 3.63) is 55.7 Å². The summed E-state index contributed by atoms with van der Waals surface area (Å²) in [6.07, 6.45) is 3.30. The molecule has 0 fully saturated rings. The first-order chi connectivity index (χ1) is 8.59. The highest BCUT2D eigenvalue weighted by Gasteiger charge is 2.08. The van der Waals surface area contributed by atoms with Gasteiger partial charge in [0.15, 0.2) is 0 Å². The predicted octanol–water partition coefficient (Wildman–Crippen LogP) is 5.42. The van der Waals surface area contributed by atoms with Crippen LogP contribution in [0.25, 0.3) is 0 Å². The van der Waals surface area contributed by atoms with Crippen LogP contribution in [0.4, 0.5) is 5.69 Å². The fraction of sp³-hybridized carbons (Fsp3) is 0.0833. The average molecular weight is 366 g/mol. The number of anilines is 1. The molecule has 2 aromatic rings. The summed E-state index contributed by atoms with van der Waals surface area (Å²) in [5.41, 5.74) is 1.71. The number of pyridine rings is 1. The minimum Gasteiger partial charge on any atom is -0.380 e. The van der Waals surface area contributed by atoms with Crippen molar-refractivity contribution in [2.75, 3.05) is 5.32 Å². The van der Waals surface area contributed by atoms with Gasteiger partial charge in [0.25, 0.3) is 0 Å². The summed E-state index contributed by atoms with van der Waals surface area (Å²) >= 11 is 21.5. The topological polar surface area (TPSA) is 24.9 Å². The molecule has 0 spiro atoms. The van der Waals surface area contributed by atoms with E-state index in [-0.39, 0.29) is 0 Å². The Labute approximate surface area is 128 Å². The summed E-state index contributed by atoms with van der Waals surface area (Å²) in [6, 6.07) is 5.54. The Kier molecular flexibility index (Phi) is 4.73. The monoisotopic (exact) mass is 364 g/mol. The maximum Gasteiger partial charge on any atom is 0.0835 e. The molecule has 0 aliphatic heterocycles. The van der Waals surface area contributed by atoms with E-state index >= 15 is 0 Å². The average Bonchev–Trinajstić information content (AvgIpc) is 2.37. The lowest BCUT2D eigenvalue weighted by molar-refractivity contribution is 1.13. The molecule has 0 aliphatic carbocycles. The van der Waals surface area contributed by atoms with Crippen LogP contribution >= 0.6 is 50.7 Å². The number of hydrogen-bond donors (Lipinski definition) is 1. The van der Waals surface area contributed by atoms with Crippen LogP contribution in [0.1, 0.15) is 5.56 Å². The molecule has 1 aromatic carbocycles. The van der Waals surface area contributed by atoms with E-state index in [0.29, 0.717) is 21.6 Å². The zero-order valence-corrected chi connectivity index (χ0v) is 12.9. The second-order valence-corrected chi connectivity index (χ2v) is 5.56. The van der Waals surface area contributed by atoms with E-state index in [1.807, 2.05) is 18.2 Å². The van der Waals surface area contributed by atoms with Crippen LogP contribution in [0.15, 0.2) is 35.1 Å². The predicted molar refractivity (Wildman–Crippen MR) is 80.7 cm³/mol. The molecule has 0 saturated carbocycles. The van der Waals surface area contributed by atoms with Crippen molar-refractivity contribution < 1.29 is 0 Å². The van der Waals surface area contributed by atoms with E-state index in [0.717, 1.165) is 15.7 Å². The van der Waals surface area contributed by atoms with Crippen molar-refractivity contribution in [1.29, 1.82) is 0 Å². The number of hydrogen-bond acceptors (Lipinski definition) is 2. The second-order valence-electron chi connectivity index (χ2n) is 3.54. The van der Waals surface area contributed by atoms with Crippen LogP contribution in [0.2, 0.25) is 15.1 Å². The van der Waals surface area contributed by atoms with Crippen molar-refractivity contribution in [3.8, 4) is 0 Å². The van der Waals surface area contributed by atoms with Gasteiger partial charge in [0, 0.05) is 23.4 Å². The Morgan fingerprint density at radius 1 is 1.11 bits per heavy atom. The largest absolute Gasteiger partial charge is 0.380 e. The summed E-state index contributed by atoms with van der Waals surface area (Å²) in [7, 11) is 0. The van der Waals surface area contributed by atoms with Crippen LogP contribution in [-0.2, 0) is 6.54 Å². The van der Waals surface area contributed by atoms with Crippen molar-refractivity contribution >= 4 is 56.4 Å². The molecule has 0 unspecified atom stereocenters. The Bertz CT molecular complexity index is 575. The molecule has 1 aromatic heterocycles. The lowest BCUT2D eigenvalue weighted by Gasteiger charge is -2.11. The minimum atomic E-state index is 0.483. The zero-order chi connectivity index (χ0) is 13.1. The lowest BCUT2D eigenvalue weighted by Crippen LogP contribution is -2.01. The highest BCUT2D eigenvalue weighted by molar-refractivity contribution is 9.10. The van der Waals surface area contributed by atoms with Crippen LogP contribution in [0.3, 0.4) is 0 Å².